The minimum absolute atomic E-state index is 0.236. The van der Waals surface area contributed by atoms with Gasteiger partial charge in [0.05, 0.1) is 5.56 Å². The SMILES string of the molecule is CCNC(CCSC)c1ccccc1C(F)(F)F. The third kappa shape index (κ3) is 4.21. The zero-order valence-corrected chi connectivity index (χ0v) is 11.4. The van der Waals surface area contributed by atoms with E-state index in [1.807, 2.05) is 13.2 Å². The van der Waals surface area contributed by atoms with Crippen LogP contribution in [0.3, 0.4) is 0 Å². The van der Waals surface area contributed by atoms with Crippen LogP contribution in [0.4, 0.5) is 13.2 Å². The number of alkyl halides is 3. The fourth-order valence-electron chi connectivity index (χ4n) is 1.91. The Labute approximate surface area is 110 Å². The molecule has 0 aliphatic rings. The van der Waals surface area contributed by atoms with Crippen molar-refractivity contribution in [1.29, 1.82) is 0 Å². The van der Waals surface area contributed by atoms with E-state index in [0.717, 1.165) is 11.8 Å². The number of nitrogens with one attached hydrogen (secondary N) is 1. The first-order valence-corrected chi connectivity index (χ1v) is 7.28. The van der Waals surface area contributed by atoms with E-state index in [1.165, 1.54) is 6.07 Å². The van der Waals surface area contributed by atoms with Crippen LogP contribution in [-0.4, -0.2) is 18.6 Å². The molecule has 0 saturated carbocycles. The maximum Gasteiger partial charge on any atom is 0.416 e. The number of hydrogen-bond donors (Lipinski definition) is 1. The van der Waals surface area contributed by atoms with E-state index in [2.05, 4.69) is 5.32 Å². The van der Waals surface area contributed by atoms with Crippen LogP contribution in [0.15, 0.2) is 24.3 Å². The summed E-state index contributed by atoms with van der Waals surface area (Å²) in [7, 11) is 0. The van der Waals surface area contributed by atoms with Gasteiger partial charge < -0.3 is 5.32 Å². The molecule has 5 heteroatoms. The lowest BCUT2D eigenvalue weighted by atomic mass is 9.98. The summed E-state index contributed by atoms with van der Waals surface area (Å²) in [6.07, 6.45) is -1.63. The molecule has 1 rings (SSSR count). The molecule has 1 aromatic rings. The average molecular weight is 277 g/mol. The quantitative estimate of drug-likeness (QED) is 0.840. The Balaban J connectivity index is 3.03. The number of benzene rings is 1. The van der Waals surface area contributed by atoms with Gasteiger partial charge in [-0.3, -0.25) is 0 Å². The minimum atomic E-state index is -4.29. The molecule has 0 aliphatic carbocycles. The summed E-state index contributed by atoms with van der Waals surface area (Å²) in [6.45, 7) is 2.56. The second-order valence-electron chi connectivity index (χ2n) is 3.98. The van der Waals surface area contributed by atoms with E-state index in [4.69, 9.17) is 0 Å². The van der Waals surface area contributed by atoms with E-state index in [1.54, 1.807) is 23.9 Å². The van der Waals surface area contributed by atoms with Gasteiger partial charge in [0.1, 0.15) is 0 Å². The summed E-state index contributed by atoms with van der Waals surface area (Å²) in [6, 6.07) is 5.58. The first-order valence-electron chi connectivity index (χ1n) is 5.89. The van der Waals surface area contributed by atoms with Crippen LogP contribution in [0.25, 0.3) is 0 Å². The van der Waals surface area contributed by atoms with Gasteiger partial charge in [-0.05, 0) is 36.6 Å². The monoisotopic (exact) mass is 277 g/mol. The maximum atomic E-state index is 12.9. The normalized spacial score (nSPS) is 13.6. The Kier molecular flexibility index (Phi) is 6.02. The maximum absolute atomic E-state index is 12.9. The molecule has 0 saturated heterocycles. The molecule has 0 spiro atoms. The standard InChI is InChI=1S/C13H18F3NS/c1-3-17-12(8-9-18-2)10-6-4-5-7-11(10)13(14,15)16/h4-7,12,17H,3,8-9H2,1-2H3. The highest BCUT2D eigenvalue weighted by molar-refractivity contribution is 7.98. The fraction of sp³-hybridized carbons (Fsp3) is 0.538. The van der Waals surface area contributed by atoms with Crippen LogP contribution < -0.4 is 5.32 Å². The molecule has 0 aliphatic heterocycles. The van der Waals surface area contributed by atoms with Gasteiger partial charge in [-0.15, -0.1) is 0 Å². The van der Waals surface area contributed by atoms with Gasteiger partial charge in [-0.2, -0.15) is 24.9 Å². The Morgan fingerprint density at radius 1 is 1.28 bits per heavy atom. The molecular formula is C13H18F3NS. The molecule has 1 atom stereocenters. The molecule has 1 aromatic carbocycles. The molecule has 102 valence electrons. The highest BCUT2D eigenvalue weighted by Gasteiger charge is 2.34. The van der Waals surface area contributed by atoms with Gasteiger partial charge in [0.25, 0.3) is 0 Å². The molecule has 0 radical (unpaired) electrons. The number of rotatable bonds is 6. The van der Waals surface area contributed by atoms with Gasteiger partial charge in [-0.1, -0.05) is 25.1 Å². The Morgan fingerprint density at radius 3 is 2.50 bits per heavy atom. The van der Waals surface area contributed by atoms with Gasteiger partial charge in [0.2, 0.25) is 0 Å². The molecule has 1 unspecified atom stereocenters. The minimum Gasteiger partial charge on any atom is -0.310 e. The predicted octanol–water partition coefficient (Wildman–Crippen LogP) is 4.11. The van der Waals surface area contributed by atoms with Crippen LogP contribution >= 0.6 is 11.8 Å². The fourth-order valence-corrected chi connectivity index (χ4v) is 2.38. The molecule has 0 bridgehead atoms. The van der Waals surface area contributed by atoms with Crippen molar-refractivity contribution in [3.8, 4) is 0 Å². The van der Waals surface area contributed by atoms with Gasteiger partial charge >= 0.3 is 6.18 Å². The van der Waals surface area contributed by atoms with Gasteiger partial charge in [0.15, 0.2) is 0 Å². The van der Waals surface area contributed by atoms with Crippen molar-refractivity contribution >= 4 is 11.8 Å². The van der Waals surface area contributed by atoms with Crippen molar-refractivity contribution in [2.45, 2.75) is 25.6 Å². The summed E-state index contributed by atoms with van der Waals surface area (Å²) in [4.78, 5) is 0. The molecule has 0 fully saturated rings. The Morgan fingerprint density at radius 2 is 1.94 bits per heavy atom. The van der Waals surface area contributed by atoms with Crippen LogP contribution in [-0.2, 0) is 6.18 Å². The van der Waals surface area contributed by atoms with Crippen LogP contribution in [0.1, 0.15) is 30.5 Å². The summed E-state index contributed by atoms with van der Waals surface area (Å²) >= 11 is 1.64. The molecule has 0 aromatic heterocycles. The van der Waals surface area contributed by atoms with Crippen LogP contribution in [0.2, 0.25) is 0 Å². The molecule has 1 nitrogen and oxygen atoms in total. The number of thioether (sulfide) groups is 1. The van der Waals surface area contributed by atoms with Crippen molar-refractivity contribution < 1.29 is 13.2 Å². The van der Waals surface area contributed by atoms with Crippen molar-refractivity contribution in [1.82, 2.24) is 5.32 Å². The van der Waals surface area contributed by atoms with Crippen molar-refractivity contribution in [3.05, 3.63) is 35.4 Å². The summed E-state index contributed by atoms with van der Waals surface area (Å²) in [5.74, 6) is 0.837. The van der Waals surface area contributed by atoms with E-state index >= 15 is 0 Å². The molecular weight excluding hydrogens is 259 g/mol. The average Bonchev–Trinajstić information content (AvgIpc) is 2.33. The molecule has 0 amide bonds. The number of halogens is 3. The molecule has 18 heavy (non-hydrogen) atoms. The molecule has 0 heterocycles. The predicted molar refractivity (Wildman–Crippen MR) is 70.9 cm³/mol. The zero-order chi connectivity index (χ0) is 13.6. The van der Waals surface area contributed by atoms with Gasteiger partial charge in [0, 0.05) is 6.04 Å². The lowest BCUT2D eigenvalue weighted by Gasteiger charge is -2.22. The third-order valence-corrected chi connectivity index (χ3v) is 3.35. The van der Waals surface area contributed by atoms with Crippen LogP contribution in [0, 0.1) is 0 Å². The van der Waals surface area contributed by atoms with Crippen molar-refractivity contribution in [2.75, 3.05) is 18.6 Å². The van der Waals surface area contributed by atoms with Crippen LogP contribution in [0.5, 0.6) is 0 Å². The highest BCUT2D eigenvalue weighted by Crippen LogP contribution is 2.35. The zero-order valence-electron chi connectivity index (χ0n) is 10.6. The first-order chi connectivity index (χ1) is 8.50. The Bertz CT molecular complexity index is 365. The smallest absolute Gasteiger partial charge is 0.310 e. The van der Waals surface area contributed by atoms with Gasteiger partial charge in [-0.25, -0.2) is 0 Å². The lowest BCUT2D eigenvalue weighted by Crippen LogP contribution is -2.24. The molecule has 1 N–H and O–H groups in total. The first kappa shape index (κ1) is 15.4. The van der Waals surface area contributed by atoms with E-state index < -0.39 is 11.7 Å². The van der Waals surface area contributed by atoms with Crippen molar-refractivity contribution in [3.63, 3.8) is 0 Å². The van der Waals surface area contributed by atoms with Crippen molar-refractivity contribution in [2.24, 2.45) is 0 Å². The third-order valence-electron chi connectivity index (χ3n) is 2.70. The Hall–Kier alpha value is -0.680. The van der Waals surface area contributed by atoms with E-state index in [-0.39, 0.29) is 6.04 Å². The highest BCUT2D eigenvalue weighted by atomic mass is 32.2. The summed E-state index contributed by atoms with van der Waals surface area (Å²) in [5, 5.41) is 3.13. The van der Waals surface area contributed by atoms with E-state index in [9.17, 15) is 13.2 Å². The summed E-state index contributed by atoms with van der Waals surface area (Å²) in [5.41, 5.74) is -0.182. The second-order valence-corrected chi connectivity index (χ2v) is 4.96. The summed E-state index contributed by atoms with van der Waals surface area (Å²) < 4.78 is 38.8. The lowest BCUT2D eigenvalue weighted by molar-refractivity contribution is -0.138. The largest absolute Gasteiger partial charge is 0.416 e. The number of hydrogen-bond acceptors (Lipinski definition) is 2. The topological polar surface area (TPSA) is 12.0 Å². The van der Waals surface area contributed by atoms with E-state index in [0.29, 0.717) is 18.5 Å². The second kappa shape index (κ2) is 7.04.